The molecule has 1 aromatic heterocycles. The molecule has 0 bridgehead atoms. The van der Waals surface area contributed by atoms with Crippen molar-refractivity contribution in [3.63, 3.8) is 0 Å². The van der Waals surface area contributed by atoms with Gasteiger partial charge in [0.25, 0.3) is 0 Å². The number of carbonyl (C=O) groups is 1. The number of thioether (sulfide) groups is 1. The van der Waals surface area contributed by atoms with Crippen LogP contribution in [-0.2, 0) is 18.3 Å². The van der Waals surface area contributed by atoms with Crippen molar-refractivity contribution in [1.29, 1.82) is 0 Å². The molecule has 2 aliphatic heterocycles. The van der Waals surface area contributed by atoms with Crippen molar-refractivity contribution >= 4 is 17.7 Å². The highest BCUT2D eigenvalue weighted by Crippen LogP contribution is 2.38. The maximum atomic E-state index is 12.9. The van der Waals surface area contributed by atoms with Gasteiger partial charge in [-0.15, -0.1) is 10.2 Å². The second-order valence-electron chi connectivity index (χ2n) is 7.10. The molecule has 1 saturated heterocycles. The number of likely N-dealkylation sites (tertiary alicyclic amines) is 1. The first-order valence-corrected chi connectivity index (χ1v) is 10.9. The van der Waals surface area contributed by atoms with E-state index in [9.17, 15) is 4.79 Å². The molecule has 0 aliphatic carbocycles. The minimum Gasteiger partial charge on any atom is -0.490 e. The molecule has 0 spiro atoms. The lowest BCUT2D eigenvalue weighted by atomic mass is 10.0. The number of carbonyl (C=O) groups excluding carboxylic acids is 1. The number of ether oxygens (including phenoxy) is 2. The number of amides is 1. The van der Waals surface area contributed by atoms with Crippen LogP contribution in [0.25, 0.3) is 0 Å². The molecule has 0 saturated carbocycles. The van der Waals surface area contributed by atoms with Crippen LogP contribution in [0, 0.1) is 0 Å². The fraction of sp³-hybridized carbons (Fsp3) is 0.550. The number of benzene rings is 1. The first-order valence-electron chi connectivity index (χ1n) is 9.87. The van der Waals surface area contributed by atoms with Gasteiger partial charge in [-0.3, -0.25) is 4.79 Å². The molecule has 2 aromatic rings. The third-order valence-electron chi connectivity index (χ3n) is 5.30. The molecule has 7 nitrogen and oxygen atoms in total. The number of nitrogens with zero attached hydrogens (tertiary/aromatic N) is 4. The molecule has 4 rings (SSSR count). The summed E-state index contributed by atoms with van der Waals surface area (Å²) in [6.07, 6.45) is 3.70. The normalized spacial score (nSPS) is 18.9. The van der Waals surface area contributed by atoms with Crippen LogP contribution in [0.4, 0.5) is 0 Å². The fourth-order valence-electron chi connectivity index (χ4n) is 3.79. The summed E-state index contributed by atoms with van der Waals surface area (Å²) < 4.78 is 13.5. The van der Waals surface area contributed by atoms with E-state index < -0.39 is 0 Å². The highest BCUT2D eigenvalue weighted by molar-refractivity contribution is 7.99. The number of hydrogen-bond acceptors (Lipinski definition) is 6. The molecule has 1 amide bonds. The Kier molecular flexibility index (Phi) is 5.75. The summed E-state index contributed by atoms with van der Waals surface area (Å²) >= 11 is 1.45. The molecule has 0 radical (unpaired) electrons. The summed E-state index contributed by atoms with van der Waals surface area (Å²) in [5.41, 5.74) is 1.12. The van der Waals surface area contributed by atoms with Crippen LogP contribution in [0.2, 0.25) is 0 Å². The van der Waals surface area contributed by atoms with Gasteiger partial charge in [0.15, 0.2) is 16.7 Å². The van der Waals surface area contributed by atoms with Crippen molar-refractivity contribution < 1.29 is 14.3 Å². The first kappa shape index (κ1) is 19.1. The number of hydrogen-bond donors (Lipinski definition) is 0. The molecule has 1 unspecified atom stereocenters. The molecule has 1 fully saturated rings. The minimum absolute atomic E-state index is 0.0935. The Morgan fingerprint density at radius 3 is 2.82 bits per heavy atom. The fourth-order valence-corrected chi connectivity index (χ4v) is 4.60. The Morgan fingerprint density at radius 2 is 2.04 bits per heavy atom. The van der Waals surface area contributed by atoms with Crippen LogP contribution in [0.3, 0.4) is 0 Å². The lowest BCUT2D eigenvalue weighted by Crippen LogP contribution is -2.32. The molecule has 1 aromatic carbocycles. The van der Waals surface area contributed by atoms with Gasteiger partial charge in [-0.1, -0.05) is 24.8 Å². The van der Waals surface area contributed by atoms with Gasteiger partial charge >= 0.3 is 0 Å². The second-order valence-corrected chi connectivity index (χ2v) is 8.04. The summed E-state index contributed by atoms with van der Waals surface area (Å²) in [6.45, 7) is 4.18. The molecule has 8 heteroatoms. The van der Waals surface area contributed by atoms with Crippen LogP contribution in [0.1, 0.15) is 43.6 Å². The van der Waals surface area contributed by atoms with Crippen molar-refractivity contribution in [3.05, 3.63) is 29.6 Å². The number of aromatic nitrogens is 3. The van der Waals surface area contributed by atoms with Gasteiger partial charge in [-0.25, -0.2) is 0 Å². The number of fused-ring (bicyclic) bond motifs is 1. The molecule has 150 valence electrons. The summed E-state index contributed by atoms with van der Waals surface area (Å²) in [7, 11) is 1.95. The number of rotatable bonds is 5. The summed E-state index contributed by atoms with van der Waals surface area (Å²) in [6, 6.07) is 6.17. The van der Waals surface area contributed by atoms with E-state index in [-0.39, 0.29) is 11.9 Å². The van der Waals surface area contributed by atoms with E-state index in [0.717, 1.165) is 60.3 Å². The smallest absolute Gasteiger partial charge is 0.233 e. The summed E-state index contributed by atoms with van der Waals surface area (Å²) in [5.74, 6) is 3.02. The molecular weight excluding hydrogens is 376 g/mol. The quantitative estimate of drug-likeness (QED) is 0.716. The first-order chi connectivity index (χ1) is 13.7. The van der Waals surface area contributed by atoms with Crippen LogP contribution in [0.15, 0.2) is 23.4 Å². The molecule has 28 heavy (non-hydrogen) atoms. The van der Waals surface area contributed by atoms with E-state index in [0.29, 0.717) is 19.0 Å². The van der Waals surface area contributed by atoms with Gasteiger partial charge in [-0.2, -0.15) is 0 Å². The topological polar surface area (TPSA) is 69.5 Å². The molecule has 3 heterocycles. The zero-order valence-electron chi connectivity index (χ0n) is 16.4. The van der Waals surface area contributed by atoms with Crippen LogP contribution < -0.4 is 9.47 Å². The second kappa shape index (κ2) is 8.43. The van der Waals surface area contributed by atoms with Crippen LogP contribution >= 0.6 is 11.8 Å². The van der Waals surface area contributed by atoms with Crippen molar-refractivity contribution in [1.82, 2.24) is 19.7 Å². The SMILES string of the molecule is CCc1nnc(SCC(=O)N2CCCC2c2ccc3c(c2)OCCCO3)n1C. The molecule has 2 aliphatic rings. The van der Waals surface area contributed by atoms with Crippen molar-refractivity contribution in [3.8, 4) is 11.5 Å². The van der Waals surface area contributed by atoms with Crippen LogP contribution in [0.5, 0.6) is 11.5 Å². The van der Waals surface area contributed by atoms with Gasteiger partial charge in [0.2, 0.25) is 5.91 Å². The van der Waals surface area contributed by atoms with Crippen molar-refractivity contribution in [2.75, 3.05) is 25.5 Å². The predicted octanol–water partition coefficient (Wildman–Crippen LogP) is 2.99. The van der Waals surface area contributed by atoms with Gasteiger partial charge in [0.1, 0.15) is 5.82 Å². The molecular formula is C20H26N4O3S. The highest BCUT2D eigenvalue weighted by atomic mass is 32.2. The largest absolute Gasteiger partial charge is 0.490 e. The van der Waals surface area contributed by atoms with Crippen molar-refractivity contribution in [2.24, 2.45) is 7.05 Å². The van der Waals surface area contributed by atoms with E-state index in [1.54, 1.807) is 0 Å². The monoisotopic (exact) mass is 402 g/mol. The maximum Gasteiger partial charge on any atom is 0.233 e. The highest BCUT2D eigenvalue weighted by Gasteiger charge is 2.31. The standard InChI is InChI=1S/C20H26N4O3S/c1-3-18-21-22-20(23(18)2)28-13-19(25)24-9-4-6-15(24)14-7-8-16-17(12-14)27-11-5-10-26-16/h7-8,12,15H,3-6,9-11,13H2,1-2H3. The lowest BCUT2D eigenvalue weighted by Gasteiger charge is -2.25. The van der Waals surface area contributed by atoms with Gasteiger partial charge in [0.05, 0.1) is 25.0 Å². The Bertz CT molecular complexity index is 854. The van der Waals surface area contributed by atoms with E-state index in [4.69, 9.17) is 9.47 Å². The van der Waals surface area contributed by atoms with Gasteiger partial charge in [-0.05, 0) is 30.5 Å². The van der Waals surface area contributed by atoms with E-state index in [1.807, 2.05) is 35.6 Å². The minimum atomic E-state index is 0.0935. The maximum absolute atomic E-state index is 12.9. The van der Waals surface area contributed by atoms with Crippen LogP contribution in [-0.4, -0.2) is 51.1 Å². The predicted molar refractivity (Wildman–Crippen MR) is 107 cm³/mol. The number of aryl methyl sites for hydroxylation is 1. The van der Waals surface area contributed by atoms with Crippen molar-refractivity contribution in [2.45, 2.75) is 43.8 Å². The Hall–Kier alpha value is -2.22. The zero-order chi connectivity index (χ0) is 19.5. The van der Waals surface area contributed by atoms with E-state index in [1.165, 1.54) is 11.8 Å². The summed E-state index contributed by atoms with van der Waals surface area (Å²) in [4.78, 5) is 14.9. The van der Waals surface area contributed by atoms with E-state index in [2.05, 4.69) is 16.3 Å². The Balaban J connectivity index is 1.45. The Labute approximate surface area is 169 Å². The Morgan fingerprint density at radius 1 is 1.21 bits per heavy atom. The van der Waals surface area contributed by atoms with Gasteiger partial charge in [0, 0.05) is 26.4 Å². The lowest BCUT2D eigenvalue weighted by molar-refractivity contribution is -0.129. The average Bonchev–Trinajstić information content (AvgIpc) is 3.26. The molecule has 0 N–H and O–H groups in total. The zero-order valence-corrected chi connectivity index (χ0v) is 17.2. The summed E-state index contributed by atoms with van der Waals surface area (Å²) in [5, 5.41) is 9.14. The third-order valence-corrected chi connectivity index (χ3v) is 6.30. The average molecular weight is 403 g/mol. The molecule has 1 atom stereocenters. The third kappa shape index (κ3) is 3.83. The van der Waals surface area contributed by atoms with E-state index >= 15 is 0 Å². The van der Waals surface area contributed by atoms with Gasteiger partial charge < -0.3 is 18.9 Å².